The molecule has 2 aromatic rings. The lowest BCUT2D eigenvalue weighted by atomic mass is 9.76. The summed E-state index contributed by atoms with van der Waals surface area (Å²) in [5, 5.41) is 0. The molecule has 1 fully saturated rings. The molecule has 2 heterocycles. The summed E-state index contributed by atoms with van der Waals surface area (Å²) in [7, 11) is 1.77. The predicted octanol–water partition coefficient (Wildman–Crippen LogP) is 6.31. The quantitative estimate of drug-likeness (QED) is 0.492. The van der Waals surface area contributed by atoms with E-state index in [0.717, 1.165) is 31.8 Å². The van der Waals surface area contributed by atoms with Crippen molar-refractivity contribution in [2.24, 2.45) is 0 Å². The van der Waals surface area contributed by atoms with Gasteiger partial charge in [-0.1, -0.05) is 53.6 Å². The molecule has 164 valence electrons. The molecule has 3 nitrogen and oxygen atoms in total. The maximum Gasteiger partial charge on any atom is 0.119 e. The molecule has 2 aromatic carbocycles. The van der Waals surface area contributed by atoms with Gasteiger partial charge >= 0.3 is 0 Å². The van der Waals surface area contributed by atoms with Crippen molar-refractivity contribution in [3.05, 3.63) is 83.0 Å². The Kier molecular flexibility index (Phi) is 6.24. The second-order valence-electron chi connectivity index (χ2n) is 9.54. The van der Waals surface area contributed by atoms with E-state index in [1.165, 1.54) is 34.4 Å². The van der Waals surface area contributed by atoms with Gasteiger partial charge in [0.2, 0.25) is 0 Å². The topological polar surface area (TPSA) is 15.7 Å². The molecule has 31 heavy (non-hydrogen) atoms. The lowest BCUT2D eigenvalue weighted by Crippen LogP contribution is -2.49. The molecule has 0 amide bonds. The van der Waals surface area contributed by atoms with Crippen molar-refractivity contribution in [2.45, 2.75) is 58.7 Å². The minimum Gasteiger partial charge on any atom is -0.497 e. The van der Waals surface area contributed by atoms with Crippen LogP contribution in [0.2, 0.25) is 0 Å². The summed E-state index contributed by atoms with van der Waals surface area (Å²) in [6, 6.07) is 17.6. The number of nitrogens with zero attached hydrogens (tertiary/aromatic N) is 2. The van der Waals surface area contributed by atoms with Crippen LogP contribution >= 0.6 is 0 Å². The smallest absolute Gasteiger partial charge is 0.119 e. The van der Waals surface area contributed by atoms with Gasteiger partial charge < -0.3 is 9.64 Å². The first-order valence-electron chi connectivity index (χ1n) is 11.4. The summed E-state index contributed by atoms with van der Waals surface area (Å²) in [6.07, 6.45) is 7.38. The minimum absolute atomic E-state index is 0.0887. The van der Waals surface area contributed by atoms with E-state index in [4.69, 9.17) is 4.74 Å². The van der Waals surface area contributed by atoms with E-state index < -0.39 is 0 Å². The Hall–Kier alpha value is -2.52. The molecule has 0 N–H and O–H groups in total. The van der Waals surface area contributed by atoms with Gasteiger partial charge in [0.15, 0.2) is 0 Å². The average Bonchev–Trinajstić information content (AvgIpc) is 3.24. The van der Waals surface area contributed by atoms with Gasteiger partial charge in [0.1, 0.15) is 5.75 Å². The van der Waals surface area contributed by atoms with Crippen LogP contribution in [0.1, 0.15) is 51.7 Å². The van der Waals surface area contributed by atoms with Crippen LogP contribution in [-0.4, -0.2) is 31.3 Å². The largest absolute Gasteiger partial charge is 0.497 e. The number of hydrogen-bond acceptors (Lipinski definition) is 3. The van der Waals surface area contributed by atoms with Crippen LogP contribution in [-0.2, 0) is 12.0 Å². The molecule has 0 bridgehead atoms. The Bertz CT molecular complexity index is 970. The number of hydrogen-bond donors (Lipinski definition) is 0. The van der Waals surface area contributed by atoms with Crippen LogP contribution in [0.5, 0.6) is 5.75 Å². The maximum atomic E-state index is 5.66. The first-order chi connectivity index (χ1) is 14.9. The fourth-order valence-corrected chi connectivity index (χ4v) is 5.30. The number of rotatable bonds is 7. The number of anilines is 1. The summed E-state index contributed by atoms with van der Waals surface area (Å²) in [4.78, 5) is 5.33. The number of benzene rings is 2. The van der Waals surface area contributed by atoms with E-state index in [9.17, 15) is 0 Å². The SMILES string of the molecule is COc1ccc2c(c1)C1(CC=C(C)C)CCN(Cc3ccccc3)C1N2CC=C(C)C. The van der Waals surface area contributed by atoms with Gasteiger partial charge in [-0.15, -0.1) is 0 Å². The molecule has 2 atom stereocenters. The highest BCUT2D eigenvalue weighted by atomic mass is 16.5. The van der Waals surface area contributed by atoms with Crippen molar-refractivity contribution < 1.29 is 4.74 Å². The lowest BCUT2D eigenvalue weighted by molar-refractivity contribution is 0.205. The lowest BCUT2D eigenvalue weighted by Gasteiger charge is -2.38. The Balaban J connectivity index is 1.81. The molecule has 1 saturated heterocycles. The third-order valence-electron chi connectivity index (χ3n) is 6.83. The summed E-state index contributed by atoms with van der Waals surface area (Å²) in [5.74, 6) is 0.958. The summed E-state index contributed by atoms with van der Waals surface area (Å²) in [6.45, 7) is 11.8. The van der Waals surface area contributed by atoms with Gasteiger partial charge in [-0.3, -0.25) is 4.90 Å². The van der Waals surface area contributed by atoms with Crippen molar-refractivity contribution in [3.8, 4) is 5.75 Å². The number of ether oxygens (including phenoxy) is 1. The first-order valence-corrected chi connectivity index (χ1v) is 11.4. The molecule has 2 unspecified atom stereocenters. The third kappa shape index (κ3) is 4.16. The number of likely N-dealkylation sites (tertiary alicyclic amines) is 1. The van der Waals surface area contributed by atoms with Crippen molar-refractivity contribution >= 4 is 5.69 Å². The van der Waals surface area contributed by atoms with Gasteiger partial charge in [0, 0.05) is 30.7 Å². The van der Waals surface area contributed by atoms with Gasteiger partial charge in [-0.05, 0) is 69.9 Å². The Morgan fingerprint density at radius 3 is 2.45 bits per heavy atom. The molecule has 0 saturated carbocycles. The molecule has 2 aliphatic heterocycles. The zero-order chi connectivity index (χ0) is 22.0. The van der Waals surface area contributed by atoms with Crippen molar-refractivity contribution in [1.29, 1.82) is 0 Å². The highest BCUT2D eigenvalue weighted by Crippen LogP contribution is 2.55. The summed E-state index contributed by atoms with van der Waals surface area (Å²) >= 11 is 0. The Morgan fingerprint density at radius 2 is 1.77 bits per heavy atom. The number of fused-ring (bicyclic) bond motifs is 3. The molecule has 0 spiro atoms. The van der Waals surface area contributed by atoms with Gasteiger partial charge in [0.05, 0.1) is 13.3 Å². The van der Waals surface area contributed by atoms with Crippen LogP contribution in [0.4, 0.5) is 5.69 Å². The second-order valence-corrected chi connectivity index (χ2v) is 9.54. The molecule has 0 radical (unpaired) electrons. The summed E-state index contributed by atoms with van der Waals surface area (Å²) in [5.41, 5.74) is 7.04. The van der Waals surface area contributed by atoms with Crippen molar-refractivity contribution in [2.75, 3.05) is 25.1 Å². The van der Waals surface area contributed by atoms with Crippen molar-refractivity contribution in [3.63, 3.8) is 0 Å². The van der Waals surface area contributed by atoms with Crippen LogP contribution in [0.25, 0.3) is 0 Å². The number of methoxy groups -OCH3 is 1. The van der Waals surface area contributed by atoms with Gasteiger partial charge in [-0.25, -0.2) is 0 Å². The zero-order valence-corrected chi connectivity index (χ0v) is 19.7. The standard InChI is InChI=1S/C28H36N2O/c1-21(2)13-15-28-16-18-29(20-23-9-7-6-8-10-23)27(28)30(17-14-22(3)4)26-12-11-24(31-5)19-25(26)28/h6-14,19,27H,15-18,20H2,1-5H3. The molecule has 4 rings (SSSR count). The van der Waals surface area contributed by atoms with Crippen molar-refractivity contribution in [1.82, 2.24) is 4.90 Å². The maximum absolute atomic E-state index is 5.66. The van der Waals surface area contributed by atoms with E-state index in [2.05, 4.69) is 98.2 Å². The average molecular weight is 417 g/mol. The first kappa shape index (κ1) is 21.7. The fourth-order valence-electron chi connectivity index (χ4n) is 5.30. The second kappa shape index (κ2) is 8.92. The molecular formula is C28H36N2O. The molecule has 0 aliphatic carbocycles. The van der Waals surface area contributed by atoms with Crippen LogP contribution in [0.3, 0.4) is 0 Å². The Labute approximate surface area is 188 Å². The highest BCUT2D eigenvalue weighted by molar-refractivity contribution is 5.67. The predicted molar refractivity (Wildman–Crippen MR) is 131 cm³/mol. The molecule has 2 aliphatic rings. The van der Waals surface area contributed by atoms with Crippen LogP contribution in [0.15, 0.2) is 71.8 Å². The van der Waals surface area contributed by atoms with E-state index in [1.54, 1.807) is 7.11 Å². The van der Waals surface area contributed by atoms with Crippen LogP contribution < -0.4 is 9.64 Å². The Morgan fingerprint density at radius 1 is 1.03 bits per heavy atom. The summed E-state index contributed by atoms with van der Waals surface area (Å²) < 4.78 is 5.66. The van der Waals surface area contributed by atoms with E-state index in [0.29, 0.717) is 6.17 Å². The number of allylic oxidation sites excluding steroid dienone is 3. The monoisotopic (exact) mass is 416 g/mol. The normalized spacial score (nSPS) is 22.1. The minimum atomic E-state index is 0.0887. The van der Waals surface area contributed by atoms with Gasteiger partial charge in [0.25, 0.3) is 0 Å². The van der Waals surface area contributed by atoms with Gasteiger partial charge in [-0.2, -0.15) is 0 Å². The highest BCUT2D eigenvalue weighted by Gasteiger charge is 2.56. The zero-order valence-electron chi connectivity index (χ0n) is 19.7. The van der Waals surface area contributed by atoms with Crippen LogP contribution in [0, 0.1) is 0 Å². The third-order valence-corrected chi connectivity index (χ3v) is 6.83. The molecule has 0 aromatic heterocycles. The fraction of sp³-hybridized carbons (Fsp3) is 0.429. The molecular weight excluding hydrogens is 380 g/mol. The molecule has 3 heteroatoms. The van der Waals surface area contributed by atoms with E-state index >= 15 is 0 Å². The van der Waals surface area contributed by atoms with E-state index in [-0.39, 0.29) is 5.41 Å². The van der Waals surface area contributed by atoms with E-state index in [1.807, 2.05) is 0 Å².